The molecular weight excluding hydrogens is 377 g/mol. The van der Waals surface area contributed by atoms with Crippen LogP contribution in [0, 0.1) is 6.92 Å². The maximum atomic E-state index is 12.9. The Morgan fingerprint density at radius 1 is 1.14 bits per heavy atom. The van der Waals surface area contributed by atoms with Gasteiger partial charge >= 0.3 is 12.1 Å². The summed E-state index contributed by atoms with van der Waals surface area (Å²) in [7, 11) is 0. The van der Waals surface area contributed by atoms with Gasteiger partial charge in [0.05, 0.1) is 11.8 Å². The lowest BCUT2D eigenvalue weighted by Crippen LogP contribution is -2.50. The van der Waals surface area contributed by atoms with Gasteiger partial charge in [-0.2, -0.15) is 13.2 Å². The number of halogens is 3. The summed E-state index contributed by atoms with van der Waals surface area (Å²) in [6, 6.07) is 6.58. The number of carbonyl (C=O) groups is 2. The van der Waals surface area contributed by atoms with E-state index >= 15 is 0 Å². The summed E-state index contributed by atoms with van der Waals surface area (Å²) in [5.74, 6) is -0.576. The van der Waals surface area contributed by atoms with Crippen molar-refractivity contribution >= 4 is 17.6 Å². The second-order valence-corrected chi connectivity index (χ2v) is 6.38. The molecule has 2 aromatic rings. The number of hydrogen-bond donors (Lipinski definition) is 0. The Bertz CT molecular complexity index is 855. The van der Waals surface area contributed by atoms with Crippen LogP contribution in [0.1, 0.15) is 21.7 Å². The highest BCUT2D eigenvalue weighted by Gasteiger charge is 2.31. The van der Waals surface area contributed by atoms with Crippen LogP contribution in [-0.2, 0) is 15.7 Å². The van der Waals surface area contributed by atoms with Gasteiger partial charge in [0.2, 0.25) is 0 Å². The van der Waals surface area contributed by atoms with E-state index < -0.39 is 24.3 Å². The van der Waals surface area contributed by atoms with E-state index in [1.165, 1.54) is 23.3 Å². The Labute approximate surface area is 159 Å². The summed E-state index contributed by atoms with van der Waals surface area (Å²) in [6.07, 6.45) is -3.04. The van der Waals surface area contributed by atoms with Crippen LogP contribution in [0.25, 0.3) is 0 Å². The highest BCUT2D eigenvalue weighted by atomic mass is 19.4. The molecule has 28 heavy (non-hydrogen) atoms. The van der Waals surface area contributed by atoms with Crippen LogP contribution >= 0.6 is 0 Å². The lowest BCUT2D eigenvalue weighted by atomic mass is 10.1. The van der Waals surface area contributed by atoms with Gasteiger partial charge in [-0.3, -0.25) is 4.79 Å². The number of furan rings is 1. The monoisotopic (exact) mass is 396 g/mol. The third kappa shape index (κ3) is 4.47. The van der Waals surface area contributed by atoms with Crippen molar-refractivity contribution in [3.8, 4) is 0 Å². The standard InChI is InChI=1S/C19H19F3N2O4/c1-13-16(5-10-27-13)18(26)28-12-17(25)24-8-6-23(7-9-24)15-4-2-3-14(11-15)19(20,21)22/h2-5,10-11H,6-9,12H2,1H3. The Morgan fingerprint density at radius 2 is 1.86 bits per heavy atom. The number of carbonyl (C=O) groups excluding carboxylic acids is 2. The van der Waals surface area contributed by atoms with Crippen LogP contribution in [-0.4, -0.2) is 49.6 Å². The molecule has 2 heterocycles. The van der Waals surface area contributed by atoms with Crippen LogP contribution in [0.15, 0.2) is 41.0 Å². The van der Waals surface area contributed by atoms with Crippen LogP contribution in [0.5, 0.6) is 0 Å². The molecule has 1 amide bonds. The summed E-state index contributed by atoms with van der Waals surface area (Å²) < 4.78 is 48.6. The highest BCUT2D eigenvalue weighted by Crippen LogP contribution is 2.31. The average Bonchev–Trinajstić information content (AvgIpc) is 3.11. The van der Waals surface area contributed by atoms with Crippen molar-refractivity contribution in [2.75, 3.05) is 37.7 Å². The van der Waals surface area contributed by atoms with E-state index in [-0.39, 0.29) is 11.5 Å². The van der Waals surface area contributed by atoms with Crippen molar-refractivity contribution in [2.24, 2.45) is 0 Å². The molecule has 1 aliphatic heterocycles. The third-order valence-electron chi connectivity index (χ3n) is 4.58. The molecule has 0 atom stereocenters. The predicted octanol–water partition coefficient (Wildman–Crippen LogP) is 3.11. The Morgan fingerprint density at radius 3 is 2.46 bits per heavy atom. The molecule has 0 radical (unpaired) electrons. The second-order valence-electron chi connectivity index (χ2n) is 6.38. The van der Waals surface area contributed by atoms with Crippen LogP contribution in [0.4, 0.5) is 18.9 Å². The fourth-order valence-electron chi connectivity index (χ4n) is 2.99. The van der Waals surface area contributed by atoms with Gasteiger partial charge in [-0.25, -0.2) is 4.79 Å². The molecule has 3 rings (SSSR count). The molecule has 6 nitrogen and oxygen atoms in total. The van der Waals surface area contributed by atoms with E-state index in [0.29, 0.717) is 37.6 Å². The van der Waals surface area contributed by atoms with Gasteiger partial charge in [-0.15, -0.1) is 0 Å². The Balaban J connectivity index is 1.52. The number of aryl methyl sites for hydroxylation is 1. The maximum Gasteiger partial charge on any atom is 0.416 e. The van der Waals surface area contributed by atoms with Crippen LogP contribution in [0.2, 0.25) is 0 Å². The number of piperazine rings is 1. The SMILES string of the molecule is Cc1occc1C(=O)OCC(=O)N1CCN(c2cccc(C(F)(F)F)c2)CC1. The van der Waals surface area contributed by atoms with E-state index in [2.05, 4.69) is 0 Å². The number of nitrogens with zero attached hydrogens (tertiary/aromatic N) is 2. The third-order valence-corrected chi connectivity index (χ3v) is 4.58. The summed E-state index contributed by atoms with van der Waals surface area (Å²) in [4.78, 5) is 27.5. The van der Waals surface area contributed by atoms with Crippen molar-refractivity contribution in [3.05, 3.63) is 53.5 Å². The number of amides is 1. The van der Waals surface area contributed by atoms with Gasteiger partial charge < -0.3 is 19.0 Å². The van der Waals surface area contributed by atoms with Crippen LogP contribution in [0.3, 0.4) is 0 Å². The first-order chi connectivity index (χ1) is 13.3. The number of hydrogen-bond acceptors (Lipinski definition) is 5. The summed E-state index contributed by atoms with van der Waals surface area (Å²) in [5.41, 5.74) is 0.0240. The molecule has 0 spiro atoms. The zero-order valence-electron chi connectivity index (χ0n) is 15.2. The van der Waals surface area contributed by atoms with Gasteiger partial charge in [0.25, 0.3) is 5.91 Å². The minimum absolute atomic E-state index is 0.266. The molecule has 0 saturated carbocycles. The van der Waals surface area contributed by atoms with E-state index in [1.807, 2.05) is 0 Å². The molecule has 0 N–H and O–H groups in total. The van der Waals surface area contributed by atoms with Gasteiger partial charge in [-0.05, 0) is 31.2 Å². The molecule has 0 bridgehead atoms. The minimum Gasteiger partial charge on any atom is -0.469 e. The second kappa shape index (κ2) is 7.95. The van der Waals surface area contributed by atoms with Gasteiger partial charge in [0.15, 0.2) is 6.61 Å². The molecule has 1 fully saturated rings. The molecule has 1 aromatic carbocycles. The largest absolute Gasteiger partial charge is 0.469 e. The van der Waals surface area contributed by atoms with Crippen molar-refractivity contribution in [1.82, 2.24) is 4.90 Å². The minimum atomic E-state index is -4.40. The van der Waals surface area contributed by atoms with E-state index in [4.69, 9.17) is 9.15 Å². The molecule has 0 aliphatic carbocycles. The van der Waals surface area contributed by atoms with Gasteiger partial charge in [-0.1, -0.05) is 6.07 Å². The van der Waals surface area contributed by atoms with Crippen molar-refractivity contribution in [1.29, 1.82) is 0 Å². The fourth-order valence-corrected chi connectivity index (χ4v) is 2.99. The number of esters is 1. The molecule has 150 valence electrons. The number of benzene rings is 1. The number of anilines is 1. The first-order valence-electron chi connectivity index (χ1n) is 8.67. The van der Waals surface area contributed by atoms with Crippen molar-refractivity contribution < 1.29 is 31.9 Å². The first kappa shape index (κ1) is 19.8. The Kier molecular flexibility index (Phi) is 5.62. The average molecular weight is 396 g/mol. The van der Waals surface area contributed by atoms with Gasteiger partial charge in [0.1, 0.15) is 11.3 Å². The normalized spacial score (nSPS) is 14.9. The first-order valence-corrected chi connectivity index (χ1v) is 8.67. The summed E-state index contributed by atoms with van der Waals surface area (Å²) in [5, 5.41) is 0. The van der Waals surface area contributed by atoms with Gasteiger partial charge in [0, 0.05) is 31.9 Å². The predicted molar refractivity (Wildman–Crippen MR) is 94.0 cm³/mol. The Hall–Kier alpha value is -2.97. The van der Waals surface area contributed by atoms with Crippen molar-refractivity contribution in [2.45, 2.75) is 13.1 Å². The fraction of sp³-hybridized carbons (Fsp3) is 0.368. The molecule has 0 unspecified atom stereocenters. The summed E-state index contributed by atoms with van der Waals surface area (Å²) in [6.45, 7) is 2.66. The highest BCUT2D eigenvalue weighted by molar-refractivity contribution is 5.92. The lowest BCUT2D eigenvalue weighted by Gasteiger charge is -2.36. The van der Waals surface area contributed by atoms with Crippen LogP contribution < -0.4 is 4.90 Å². The zero-order valence-corrected chi connectivity index (χ0v) is 15.2. The smallest absolute Gasteiger partial charge is 0.416 e. The molecule has 1 aliphatic rings. The molecule has 1 aromatic heterocycles. The molecule has 9 heteroatoms. The topological polar surface area (TPSA) is 63.0 Å². The van der Waals surface area contributed by atoms with E-state index in [0.717, 1.165) is 12.1 Å². The quantitative estimate of drug-likeness (QED) is 0.744. The molecule has 1 saturated heterocycles. The van der Waals surface area contributed by atoms with Crippen molar-refractivity contribution in [3.63, 3.8) is 0 Å². The summed E-state index contributed by atoms with van der Waals surface area (Å²) >= 11 is 0. The number of alkyl halides is 3. The number of ether oxygens (including phenoxy) is 1. The maximum absolute atomic E-state index is 12.9. The number of rotatable bonds is 4. The molecular formula is C19H19F3N2O4. The zero-order chi connectivity index (χ0) is 20.3. The van der Waals surface area contributed by atoms with E-state index in [1.54, 1.807) is 17.9 Å². The van der Waals surface area contributed by atoms with E-state index in [9.17, 15) is 22.8 Å². The lowest BCUT2D eigenvalue weighted by molar-refractivity contribution is -0.137.